The van der Waals surface area contributed by atoms with Crippen LogP contribution < -0.4 is 5.32 Å². The molecule has 142 valence electrons. The van der Waals surface area contributed by atoms with Crippen molar-refractivity contribution >= 4 is 27.5 Å². The summed E-state index contributed by atoms with van der Waals surface area (Å²) < 4.78 is 2.17. The molecule has 1 aliphatic rings. The van der Waals surface area contributed by atoms with Crippen molar-refractivity contribution in [2.75, 3.05) is 26.2 Å². The van der Waals surface area contributed by atoms with Gasteiger partial charge in [-0.2, -0.15) is 0 Å². The average Bonchev–Trinajstić information content (AvgIpc) is 3.22. The van der Waals surface area contributed by atoms with Crippen LogP contribution in [0.5, 0.6) is 0 Å². The molecule has 0 aromatic carbocycles. The zero-order valence-electron chi connectivity index (χ0n) is 16.0. The van der Waals surface area contributed by atoms with E-state index in [0.717, 1.165) is 51.8 Å². The molecule has 1 amide bonds. The minimum absolute atomic E-state index is 0.00231. The van der Waals surface area contributed by atoms with Gasteiger partial charge in [0.1, 0.15) is 9.71 Å². The Morgan fingerprint density at radius 3 is 2.63 bits per heavy atom. The first kappa shape index (κ1) is 18.2. The minimum atomic E-state index is -0.00231. The fraction of sp³-hybridized carbons (Fsp3) is 0.429. The molecule has 5 nitrogen and oxygen atoms in total. The lowest BCUT2D eigenvalue weighted by Crippen LogP contribution is -2.37. The predicted octanol–water partition coefficient (Wildman–Crippen LogP) is 3.92. The van der Waals surface area contributed by atoms with E-state index in [0.29, 0.717) is 6.54 Å². The Bertz CT molecular complexity index is 933. The second kappa shape index (κ2) is 7.82. The topological polar surface area (TPSA) is 50.2 Å². The monoisotopic (exact) mass is 382 g/mol. The summed E-state index contributed by atoms with van der Waals surface area (Å²) in [4.78, 5) is 21.6. The van der Waals surface area contributed by atoms with Gasteiger partial charge < -0.3 is 14.8 Å². The molecule has 1 fully saturated rings. The molecule has 4 heterocycles. The zero-order valence-corrected chi connectivity index (χ0v) is 16.8. The maximum Gasteiger partial charge on any atom is 0.263 e. The highest BCUT2D eigenvalue weighted by Crippen LogP contribution is 2.34. The Kier molecular flexibility index (Phi) is 5.27. The first-order chi connectivity index (χ1) is 13.1. The summed E-state index contributed by atoms with van der Waals surface area (Å²) in [7, 11) is 0. The number of nitrogens with zero attached hydrogens (tertiary/aromatic N) is 3. The number of fused-ring (bicyclic) bond motifs is 1. The number of hydrogen-bond acceptors (Lipinski definition) is 4. The smallest absolute Gasteiger partial charge is 0.263 e. The van der Waals surface area contributed by atoms with E-state index in [9.17, 15) is 4.79 Å². The van der Waals surface area contributed by atoms with Gasteiger partial charge >= 0.3 is 0 Å². The number of pyridine rings is 1. The Morgan fingerprint density at radius 1 is 1.15 bits per heavy atom. The quantitative estimate of drug-likeness (QED) is 0.728. The van der Waals surface area contributed by atoms with Crippen molar-refractivity contribution in [3.05, 3.63) is 46.7 Å². The molecule has 4 rings (SSSR count). The molecule has 0 atom stereocenters. The van der Waals surface area contributed by atoms with Crippen LogP contribution in [0.2, 0.25) is 0 Å². The highest BCUT2D eigenvalue weighted by molar-refractivity contribution is 7.21. The van der Waals surface area contributed by atoms with Crippen molar-refractivity contribution in [1.82, 2.24) is 19.8 Å². The van der Waals surface area contributed by atoms with E-state index in [2.05, 4.69) is 51.8 Å². The van der Waals surface area contributed by atoms with Gasteiger partial charge in [0.2, 0.25) is 0 Å². The predicted molar refractivity (Wildman–Crippen MR) is 111 cm³/mol. The van der Waals surface area contributed by atoms with Crippen LogP contribution in [-0.2, 0) is 0 Å². The Labute approximate surface area is 164 Å². The van der Waals surface area contributed by atoms with E-state index in [1.165, 1.54) is 30.6 Å². The normalized spacial score (nSPS) is 15.3. The number of hydrogen-bond donors (Lipinski definition) is 1. The van der Waals surface area contributed by atoms with Crippen LogP contribution in [0.25, 0.3) is 15.9 Å². The number of amides is 1. The maximum atomic E-state index is 13.0. The minimum Gasteiger partial charge on any atom is -0.350 e. The van der Waals surface area contributed by atoms with Gasteiger partial charge in [-0.15, -0.1) is 11.3 Å². The number of thiophene rings is 1. The van der Waals surface area contributed by atoms with Crippen LogP contribution in [0.15, 0.2) is 30.5 Å². The number of nitrogens with one attached hydrogen (secondary N) is 1. The molecule has 27 heavy (non-hydrogen) atoms. The van der Waals surface area contributed by atoms with E-state index >= 15 is 0 Å². The van der Waals surface area contributed by atoms with Gasteiger partial charge in [0.05, 0.1) is 5.69 Å². The first-order valence-electron chi connectivity index (χ1n) is 9.68. The van der Waals surface area contributed by atoms with Gasteiger partial charge in [0.25, 0.3) is 5.91 Å². The third kappa shape index (κ3) is 3.64. The molecule has 0 aliphatic carbocycles. The summed E-state index contributed by atoms with van der Waals surface area (Å²) in [6, 6.07) is 8.17. The Balaban J connectivity index is 1.61. The van der Waals surface area contributed by atoms with Gasteiger partial charge in [-0.05, 0) is 64.0 Å². The lowest BCUT2D eigenvalue weighted by Gasteiger charge is -2.26. The van der Waals surface area contributed by atoms with Crippen LogP contribution >= 0.6 is 11.3 Å². The van der Waals surface area contributed by atoms with E-state index in [4.69, 9.17) is 0 Å². The molecular formula is C21H26N4OS. The molecule has 3 aromatic rings. The van der Waals surface area contributed by atoms with Crippen LogP contribution in [0.1, 0.15) is 40.3 Å². The molecule has 0 spiro atoms. The van der Waals surface area contributed by atoms with Crippen molar-refractivity contribution < 1.29 is 4.79 Å². The molecule has 1 saturated heterocycles. The number of aromatic nitrogens is 2. The van der Waals surface area contributed by atoms with Crippen LogP contribution in [-0.4, -0.2) is 46.5 Å². The van der Waals surface area contributed by atoms with E-state index in [-0.39, 0.29) is 5.91 Å². The molecule has 1 aliphatic heterocycles. The van der Waals surface area contributed by atoms with Crippen molar-refractivity contribution in [3.63, 3.8) is 0 Å². The molecule has 1 N–H and O–H groups in total. The van der Waals surface area contributed by atoms with Gasteiger partial charge in [-0.25, -0.2) is 4.98 Å². The van der Waals surface area contributed by atoms with Crippen LogP contribution in [0, 0.1) is 13.8 Å². The highest BCUT2D eigenvalue weighted by atomic mass is 32.1. The highest BCUT2D eigenvalue weighted by Gasteiger charge is 2.22. The Morgan fingerprint density at radius 2 is 1.89 bits per heavy atom. The molecule has 0 saturated carbocycles. The number of carbonyl (C=O) groups is 1. The fourth-order valence-corrected chi connectivity index (χ4v) is 4.95. The summed E-state index contributed by atoms with van der Waals surface area (Å²) in [6.07, 6.45) is 5.66. The number of rotatable bonds is 5. The number of likely N-dealkylation sites (tertiary alicyclic amines) is 1. The first-order valence-corrected chi connectivity index (χ1v) is 10.5. The number of aryl methyl sites for hydroxylation is 2. The van der Waals surface area contributed by atoms with E-state index in [1.807, 2.05) is 6.07 Å². The second-order valence-corrected chi connectivity index (χ2v) is 8.24. The van der Waals surface area contributed by atoms with Gasteiger partial charge in [0.15, 0.2) is 0 Å². The Hall–Kier alpha value is -2.18. The summed E-state index contributed by atoms with van der Waals surface area (Å²) >= 11 is 1.48. The van der Waals surface area contributed by atoms with E-state index < -0.39 is 0 Å². The fourth-order valence-electron chi connectivity index (χ4n) is 3.91. The van der Waals surface area contributed by atoms with Crippen LogP contribution in [0.3, 0.4) is 0 Å². The zero-order chi connectivity index (χ0) is 18.8. The third-order valence-corrected chi connectivity index (χ3v) is 6.40. The van der Waals surface area contributed by atoms with Crippen molar-refractivity contribution in [2.24, 2.45) is 0 Å². The largest absolute Gasteiger partial charge is 0.350 e. The molecule has 0 bridgehead atoms. The lowest BCUT2D eigenvalue weighted by molar-refractivity contribution is 0.0950. The summed E-state index contributed by atoms with van der Waals surface area (Å²) in [5.41, 5.74) is 3.20. The van der Waals surface area contributed by atoms with Gasteiger partial charge in [-0.1, -0.05) is 6.42 Å². The molecule has 0 radical (unpaired) electrons. The standard InChI is InChI=1S/C21H26N4OS/c1-15-8-9-16(2)25(15)18-17-7-6-10-23-21(17)27-19(18)20(26)22-11-14-24-12-4-3-5-13-24/h6-10H,3-5,11-14H2,1-2H3,(H,22,26). The van der Waals surface area contributed by atoms with Crippen LogP contribution in [0.4, 0.5) is 0 Å². The molecule has 3 aromatic heterocycles. The van der Waals surface area contributed by atoms with Crippen molar-refractivity contribution in [1.29, 1.82) is 0 Å². The molecular weight excluding hydrogens is 356 g/mol. The third-order valence-electron chi connectivity index (χ3n) is 5.30. The summed E-state index contributed by atoms with van der Waals surface area (Å²) in [5, 5.41) is 4.17. The summed E-state index contributed by atoms with van der Waals surface area (Å²) in [6.45, 7) is 8.05. The average molecular weight is 383 g/mol. The van der Waals surface area contributed by atoms with Crippen molar-refractivity contribution in [2.45, 2.75) is 33.1 Å². The van der Waals surface area contributed by atoms with Gasteiger partial charge in [0, 0.05) is 36.1 Å². The van der Waals surface area contributed by atoms with Gasteiger partial charge in [-0.3, -0.25) is 4.79 Å². The number of piperidine rings is 1. The molecule has 0 unspecified atom stereocenters. The molecule has 6 heteroatoms. The number of carbonyl (C=O) groups excluding carboxylic acids is 1. The van der Waals surface area contributed by atoms with Crippen molar-refractivity contribution in [3.8, 4) is 5.69 Å². The summed E-state index contributed by atoms with van der Waals surface area (Å²) in [5.74, 6) is -0.00231. The SMILES string of the molecule is Cc1ccc(C)n1-c1c(C(=O)NCCN2CCCCC2)sc2ncccc12. The lowest BCUT2D eigenvalue weighted by atomic mass is 10.1. The second-order valence-electron chi connectivity index (χ2n) is 7.25. The van der Waals surface area contributed by atoms with E-state index in [1.54, 1.807) is 6.20 Å². The maximum absolute atomic E-state index is 13.0.